The highest BCUT2D eigenvalue weighted by Gasteiger charge is 2.19. The van der Waals surface area contributed by atoms with Crippen LogP contribution in [-0.2, 0) is 14.9 Å². The molecule has 0 aliphatic carbocycles. The summed E-state index contributed by atoms with van der Waals surface area (Å²) in [7, 11) is 1.68. The molecule has 0 saturated heterocycles. The van der Waals surface area contributed by atoms with E-state index in [1.165, 1.54) is 11.6 Å². The van der Waals surface area contributed by atoms with E-state index < -0.39 is 5.60 Å². The summed E-state index contributed by atoms with van der Waals surface area (Å²) in [5.41, 5.74) is 2.86. The Morgan fingerprint density at radius 1 is 0.838 bits per heavy atom. The van der Waals surface area contributed by atoms with Crippen molar-refractivity contribution in [3.8, 4) is 27.7 Å². The zero-order chi connectivity index (χ0) is 26.8. The smallest absolute Gasteiger partial charge is 0.331 e. The number of carbonyl (C=O) groups is 1. The molecule has 0 unspecified atom stereocenters. The molecule has 5 heteroatoms. The molecule has 192 valence electrons. The van der Waals surface area contributed by atoms with Crippen molar-refractivity contribution in [3.05, 3.63) is 83.9 Å². The van der Waals surface area contributed by atoms with Crippen molar-refractivity contribution >= 4 is 33.5 Å². The van der Waals surface area contributed by atoms with Gasteiger partial charge in [-0.1, -0.05) is 57.2 Å². The Hall–Kier alpha value is -3.57. The third-order valence-corrected chi connectivity index (χ3v) is 6.97. The number of benzene rings is 3. The Morgan fingerprint density at radius 2 is 1.49 bits per heavy atom. The normalized spacial score (nSPS) is 12.2. The van der Waals surface area contributed by atoms with Crippen LogP contribution in [0.2, 0.25) is 0 Å². The first kappa shape index (κ1) is 26.5. The number of esters is 1. The summed E-state index contributed by atoms with van der Waals surface area (Å²) in [6.45, 7) is 12.2. The zero-order valence-corrected chi connectivity index (χ0v) is 23.4. The van der Waals surface area contributed by atoms with Crippen LogP contribution >= 0.6 is 11.3 Å². The molecule has 0 fully saturated rings. The molecule has 4 aromatic rings. The van der Waals surface area contributed by atoms with E-state index in [4.69, 9.17) is 14.2 Å². The summed E-state index contributed by atoms with van der Waals surface area (Å²) in [6, 6.07) is 22.4. The third-order valence-electron chi connectivity index (χ3n) is 5.78. The molecule has 1 aromatic heterocycles. The van der Waals surface area contributed by atoms with E-state index in [1.807, 2.05) is 63.2 Å². The largest absolute Gasteiger partial charge is 0.497 e. The molecule has 3 aromatic carbocycles. The Labute approximate surface area is 223 Å². The number of thiophene rings is 1. The quantitative estimate of drug-likeness (QED) is 0.190. The highest BCUT2D eigenvalue weighted by atomic mass is 32.1. The summed E-state index contributed by atoms with van der Waals surface area (Å²) >= 11 is 1.69. The average molecular weight is 515 g/mol. The standard InChI is InChI=1S/C32H34O4S/c1-31(2,3)23-13-11-22(12-14-23)30-29(26-18-17-25(34-7)20-27(26)37-30)35-24-15-8-21(9-16-24)10-19-28(33)36-32(4,5)6/h8-20H,1-7H3/b19-10+. The predicted molar refractivity (Wildman–Crippen MR) is 154 cm³/mol. The van der Waals surface area contributed by atoms with Crippen LogP contribution in [0.25, 0.3) is 26.6 Å². The van der Waals surface area contributed by atoms with E-state index in [0.29, 0.717) is 0 Å². The van der Waals surface area contributed by atoms with Gasteiger partial charge in [-0.2, -0.15) is 0 Å². The fourth-order valence-corrected chi connectivity index (χ4v) is 5.02. The molecular formula is C32H34O4S. The fourth-order valence-electron chi connectivity index (χ4n) is 3.86. The maximum atomic E-state index is 12.0. The van der Waals surface area contributed by atoms with Crippen LogP contribution in [0.4, 0.5) is 0 Å². The highest BCUT2D eigenvalue weighted by molar-refractivity contribution is 7.22. The minimum absolute atomic E-state index is 0.0884. The lowest BCUT2D eigenvalue weighted by atomic mass is 9.86. The number of hydrogen-bond donors (Lipinski definition) is 0. The van der Waals surface area contributed by atoms with Gasteiger partial charge in [0.25, 0.3) is 0 Å². The van der Waals surface area contributed by atoms with E-state index in [-0.39, 0.29) is 11.4 Å². The second-order valence-corrected chi connectivity index (χ2v) is 12.0. The molecule has 0 aliphatic rings. The lowest BCUT2D eigenvalue weighted by Gasteiger charge is -2.19. The van der Waals surface area contributed by atoms with Gasteiger partial charge in [0.1, 0.15) is 17.1 Å². The molecule has 1 heterocycles. The number of methoxy groups -OCH3 is 1. The molecule has 0 aliphatic heterocycles. The van der Waals surface area contributed by atoms with Crippen LogP contribution < -0.4 is 9.47 Å². The van der Waals surface area contributed by atoms with Gasteiger partial charge in [-0.05, 0) is 79.3 Å². The maximum Gasteiger partial charge on any atom is 0.331 e. The summed E-state index contributed by atoms with van der Waals surface area (Å²) in [5.74, 6) is 1.99. The zero-order valence-electron chi connectivity index (χ0n) is 22.5. The van der Waals surface area contributed by atoms with Gasteiger partial charge in [-0.15, -0.1) is 11.3 Å². The minimum atomic E-state index is -0.517. The first-order valence-electron chi connectivity index (χ1n) is 12.3. The first-order valence-corrected chi connectivity index (χ1v) is 13.1. The van der Waals surface area contributed by atoms with E-state index in [1.54, 1.807) is 24.5 Å². The number of ether oxygens (including phenoxy) is 3. The first-order chi connectivity index (χ1) is 17.4. The molecule has 0 N–H and O–H groups in total. The Kier molecular flexibility index (Phi) is 7.47. The second-order valence-electron chi connectivity index (χ2n) is 11.0. The number of fused-ring (bicyclic) bond motifs is 1. The van der Waals surface area contributed by atoms with Crippen molar-refractivity contribution in [1.82, 2.24) is 0 Å². The van der Waals surface area contributed by atoms with E-state index in [9.17, 15) is 4.79 Å². The molecular weight excluding hydrogens is 480 g/mol. The summed E-state index contributed by atoms with van der Waals surface area (Å²) in [4.78, 5) is 13.1. The second kappa shape index (κ2) is 10.4. The lowest BCUT2D eigenvalue weighted by molar-refractivity contribution is -0.148. The van der Waals surface area contributed by atoms with E-state index in [0.717, 1.165) is 43.3 Å². The summed E-state index contributed by atoms with van der Waals surface area (Å²) < 4.78 is 18.4. The Bertz CT molecular complexity index is 1410. The van der Waals surface area contributed by atoms with Crippen molar-refractivity contribution in [2.75, 3.05) is 7.11 Å². The number of carbonyl (C=O) groups excluding carboxylic acids is 1. The Morgan fingerprint density at radius 3 is 2.08 bits per heavy atom. The average Bonchev–Trinajstić information content (AvgIpc) is 3.19. The monoisotopic (exact) mass is 514 g/mol. The topological polar surface area (TPSA) is 44.8 Å². The number of rotatable bonds is 6. The SMILES string of the molecule is COc1ccc2c(Oc3ccc(/C=C/C(=O)OC(C)(C)C)cc3)c(-c3ccc(C(C)(C)C)cc3)sc2c1. The molecule has 0 radical (unpaired) electrons. The van der Waals surface area contributed by atoms with Gasteiger partial charge < -0.3 is 14.2 Å². The van der Waals surface area contributed by atoms with Crippen LogP contribution in [0.3, 0.4) is 0 Å². The molecule has 0 spiro atoms. The lowest BCUT2D eigenvalue weighted by Crippen LogP contribution is -2.22. The van der Waals surface area contributed by atoms with Crippen molar-refractivity contribution in [1.29, 1.82) is 0 Å². The van der Waals surface area contributed by atoms with Crippen molar-refractivity contribution in [2.45, 2.75) is 52.6 Å². The molecule has 0 amide bonds. The molecule has 4 rings (SSSR count). The van der Waals surface area contributed by atoms with Crippen LogP contribution in [0.5, 0.6) is 17.2 Å². The molecule has 4 nitrogen and oxygen atoms in total. The fraction of sp³-hybridized carbons (Fsp3) is 0.281. The van der Waals surface area contributed by atoms with Crippen LogP contribution in [0, 0.1) is 0 Å². The van der Waals surface area contributed by atoms with Gasteiger partial charge in [0.2, 0.25) is 0 Å². The van der Waals surface area contributed by atoms with Crippen molar-refractivity contribution in [2.24, 2.45) is 0 Å². The molecule has 0 saturated carbocycles. The minimum Gasteiger partial charge on any atom is -0.497 e. The van der Waals surface area contributed by atoms with Crippen molar-refractivity contribution in [3.63, 3.8) is 0 Å². The van der Waals surface area contributed by atoms with Crippen LogP contribution in [-0.4, -0.2) is 18.7 Å². The van der Waals surface area contributed by atoms with Crippen LogP contribution in [0.1, 0.15) is 52.7 Å². The van der Waals surface area contributed by atoms with Crippen LogP contribution in [0.15, 0.2) is 72.8 Å². The van der Waals surface area contributed by atoms with Gasteiger partial charge in [-0.25, -0.2) is 4.79 Å². The van der Waals surface area contributed by atoms with Gasteiger partial charge in [-0.3, -0.25) is 0 Å². The maximum absolute atomic E-state index is 12.0. The van der Waals surface area contributed by atoms with E-state index >= 15 is 0 Å². The van der Waals surface area contributed by atoms with Gasteiger partial charge in [0, 0.05) is 16.2 Å². The van der Waals surface area contributed by atoms with Gasteiger partial charge in [0.05, 0.1) is 12.0 Å². The van der Waals surface area contributed by atoms with Crippen molar-refractivity contribution < 1.29 is 19.0 Å². The van der Waals surface area contributed by atoms with Gasteiger partial charge in [0.15, 0.2) is 5.75 Å². The van der Waals surface area contributed by atoms with E-state index in [2.05, 4.69) is 45.0 Å². The summed E-state index contributed by atoms with van der Waals surface area (Å²) in [5, 5.41) is 1.04. The third kappa shape index (κ3) is 6.60. The summed E-state index contributed by atoms with van der Waals surface area (Å²) in [6.07, 6.45) is 3.19. The van der Waals surface area contributed by atoms with Gasteiger partial charge >= 0.3 is 5.97 Å². The Balaban J connectivity index is 1.64. The highest BCUT2D eigenvalue weighted by Crippen LogP contribution is 2.47. The molecule has 0 atom stereocenters. The number of hydrogen-bond acceptors (Lipinski definition) is 5. The predicted octanol–water partition coefficient (Wildman–Crippen LogP) is 9.02. The molecule has 37 heavy (non-hydrogen) atoms. The molecule has 0 bridgehead atoms.